The fourth-order valence-electron chi connectivity index (χ4n) is 4.21. The van der Waals surface area contributed by atoms with Crippen molar-refractivity contribution in [3.63, 3.8) is 0 Å². The molecule has 0 saturated carbocycles. The molecule has 0 saturated heterocycles. The summed E-state index contributed by atoms with van der Waals surface area (Å²) in [6.45, 7) is 3.97. The van der Waals surface area contributed by atoms with Crippen LogP contribution in [0.2, 0.25) is 0 Å². The number of aryl methyl sites for hydroxylation is 2. The highest BCUT2D eigenvalue weighted by Gasteiger charge is 2.16. The van der Waals surface area contributed by atoms with Gasteiger partial charge in [0.15, 0.2) is 12.4 Å². The molecule has 5 aromatic rings. The van der Waals surface area contributed by atoms with Crippen molar-refractivity contribution < 1.29 is 19.2 Å². The van der Waals surface area contributed by atoms with E-state index in [9.17, 15) is 14.9 Å². The lowest BCUT2D eigenvalue weighted by Crippen LogP contribution is -2.14. The van der Waals surface area contributed by atoms with E-state index < -0.39 is 10.8 Å². The lowest BCUT2D eigenvalue weighted by molar-refractivity contribution is -0.384. The van der Waals surface area contributed by atoms with E-state index in [0.29, 0.717) is 11.5 Å². The van der Waals surface area contributed by atoms with Gasteiger partial charge in [0.05, 0.1) is 16.7 Å². The molecule has 5 rings (SSSR count). The molecule has 0 spiro atoms. The molecule has 0 fully saturated rings. The van der Waals surface area contributed by atoms with E-state index in [0.717, 1.165) is 22.3 Å². The van der Waals surface area contributed by atoms with Crippen LogP contribution in [-0.4, -0.2) is 20.6 Å². The molecule has 0 aliphatic heterocycles. The Hall–Kier alpha value is -5.44. The monoisotopic (exact) mass is 534 g/mol. The molecule has 200 valence electrons. The molecular formula is C31H26N4O5. The molecule has 0 aliphatic carbocycles. The maximum atomic E-state index is 12.9. The zero-order chi connectivity index (χ0) is 28.1. The summed E-state index contributed by atoms with van der Waals surface area (Å²) in [6.07, 6.45) is 1.62. The van der Waals surface area contributed by atoms with Crippen LogP contribution in [0.4, 0.5) is 11.4 Å². The van der Waals surface area contributed by atoms with Crippen LogP contribution in [0.3, 0.4) is 0 Å². The second-order valence-corrected chi connectivity index (χ2v) is 9.26. The second-order valence-electron chi connectivity index (χ2n) is 9.26. The van der Waals surface area contributed by atoms with Crippen molar-refractivity contribution in [3.8, 4) is 28.4 Å². The molecule has 1 N–H and O–H groups in total. The predicted molar refractivity (Wildman–Crippen MR) is 152 cm³/mol. The quantitative estimate of drug-likeness (QED) is 0.159. The number of aromatic nitrogens is 2. The number of hydrogen-bond donors (Lipinski definition) is 1. The molecule has 0 unspecified atom stereocenters. The van der Waals surface area contributed by atoms with Gasteiger partial charge in [-0.15, -0.1) is 0 Å². The molecule has 0 bridgehead atoms. The van der Waals surface area contributed by atoms with Gasteiger partial charge >= 0.3 is 0 Å². The van der Waals surface area contributed by atoms with Crippen molar-refractivity contribution in [1.82, 2.24) is 9.78 Å². The van der Waals surface area contributed by atoms with Gasteiger partial charge in [0.1, 0.15) is 17.2 Å². The third-order valence-electron chi connectivity index (χ3n) is 5.99. The molecule has 0 radical (unpaired) electrons. The molecule has 40 heavy (non-hydrogen) atoms. The SMILES string of the molecule is Cc1cc(C)cc(Oc2cc(NC(=O)c3ccn(COc4ccc(-c5ccccc5)cc4)n3)cc([N+](=O)[O-])c2)c1. The first kappa shape index (κ1) is 26.2. The van der Waals surface area contributed by atoms with Crippen molar-refractivity contribution >= 4 is 17.3 Å². The van der Waals surface area contributed by atoms with Crippen molar-refractivity contribution in [1.29, 1.82) is 0 Å². The summed E-state index contributed by atoms with van der Waals surface area (Å²) in [7, 11) is 0. The van der Waals surface area contributed by atoms with Gasteiger partial charge in [0.2, 0.25) is 0 Å². The summed E-state index contributed by atoms with van der Waals surface area (Å²) in [6, 6.07) is 29.0. The zero-order valence-electron chi connectivity index (χ0n) is 21.9. The van der Waals surface area contributed by atoms with E-state index >= 15 is 0 Å². The van der Waals surface area contributed by atoms with Crippen LogP contribution in [0.1, 0.15) is 21.6 Å². The molecule has 1 amide bonds. The van der Waals surface area contributed by atoms with Crippen LogP contribution in [0, 0.1) is 24.0 Å². The maximum absolute atomic E-state index is 12.9. The van der Waals surface area contributed by atoms with Crippen LogP contribution in [-0.2, 0) is 6.73 Å². The fraction of sp³-hybridized carbons (Fsp3) is 0.0968. The number of benzene rings is 4. The first-order valence-corrected chi connectivity index (χ1v) is 12.5. The maximum Gasteiger partial charge on any atom is 0.276 e. The van der Waals surface area contributed by atoms with Crippen LogP contribution >= 0.6 is 0 Å². The fourth-order valence-corrected chi connectivity index (χ4v) is 4.21. The van der Waals surface area contributed by atoms with Gasteiger partial charge < -0.3 is 14.8 Å². The van der Waals surface area contributed by atoms with Crippen molar-refractivity contribution in [2.45, 2.75) is 20.6 Å². The third-order valence-corrected chi connectivity index (χ3v) is 5.99. The van der Waals surface area contributed by atoms with E-state index in [2.05, 4.69) is 10.4 Å². The zero-order valence-corrected chi connectivity index (χ0v) is 21.9. The molecule has 0 atom stereocenters. The first-order valence-electron chi connectivity index (χ1n) is 12.5. The summed E-state index contributed by atoms with van der Waals surface area (Å²) in [5.74, 6) is 0.911. The van der Waals surface area contributed by atoms with Crippen LogP contribution in [0.25, 0.3) is 11.1 Å². The highest BCUT2D eigenvalue weighted by atomic mass is 16.6. The van der Waals surface area contributed by atoms with E-state index in [4.69, 9.17) is 9.47 Å². The van der Waals surface area contributed by atoms with E-state index in [1.807, 2.05) is 86.6 Å². The Morgan fingerprint density at radius 1 is 0.850 bits per heavy atom. The number of nitro benzene ring substituents is 1. The molecule has 0 aliphatic rings. The molecule has 9 nitrogen and oxygen atoms in total. The number of nitrogens with zero attached hydrogens (tertiary/aromatic N) is 3. The summed E-state index contributed by atoms with van der Waals surface area (Å²) in [5, 5.41) is 18.5. The lowest BCUT2D eigenvalue weighted by Gasteiger charge is -2.10. The standard InChI is InChI=1S/C31H26N4O5/c1-21-14-22(2)16-28(15-21)40-29-18-25(17-26(19-29)35(37)38)32-31(36)30-12-13-34(33-30)20-39-27-10-8-24(9-11-27)23-6-4-3-5-7-23/h3-19H,20H2,1-2H3,(H,32,36). The Bertz CT molecular complexity index is 1640. The molecular weight excluding hydrogens is 508 g/mol. The van der Waals surface area contributed by atoms with Crippen LogP contribution < -0.4 is 14.8 Å². The highest BCUT2D eigenvalue weighted by Crippen LogP contribution is 2.31. The molecule has 1 heterocycles. The van der Waals surface area contributed by atoms with Gasteiger partial charge in [0.25, 0.3) is 11.6 Å². The topological polar surface area (TPSA) is 109 Å². The average molecular weight is 535 g/mol. The number of nitrogens with one attached hydrogen (secondary N) is 1. The summed E-state index contributed by atoms with van der Waals surface area (Å²) in [4.78, 5) is 23.8. The first-order chi connectivity index (χ1) is 19.3. The average Bonchev–Trinajstić information content (AvgIpc) is 3.41. The van der Waals surface area contributed by atoms with Gasteiger partial charge in [-0.2, -0.15) is 5.10 Å². The Balaban J connectivity index is 1.24. The van der Waals surface area contributed by atoms with Crippen molar-refractivity contribution in [2.75, 3.05) is 5.32 Å². The number of ether oxygens (including phenoxy) is 2. The van der Waals surface area contributed by atoms with Gasteiger partial charge in [-0.3, -0.25) is 14.9 Å². The summed E-state index contributed by atoms with van der Waals surface area (Å²) in [5.41, 5.74) is 4.32. The minimum absolute atomic E-state index is 0.0999. The minimum atomic E-state index is -0.539. The predicted octanol–water partition coefficient (Wildman–Crippen LogP) is 7.16. The number of carbonyl (C=O) groups excluding carboxylic acids is 1. The number of nitro groups is 1. The Labute approximate surface area is 230 Å². The van der Waals surface area contributed by atoms with Crippen molar-refractivity contribution in [3.05, 3.63) is 130 Å². The number of rotatable bonds is 9. The normalized spacial score (nSPS) is 10.7. The van der Waals surface area contributed by atoms with Gasteiger partial charge in [-0.25, -0.2) is 4.68 Å². The molecule has 1 aromatic heterocycles. The van der Waals surface area contributed by atoms with Gasteiger partial charge in [0, 0.05) is 18.3 Å². The number of anilines is 1. The van der Waals surface area contributed by atoms with Gasteiger partial charge in [-0.1, -0.05) is 48.5 Å². The van der Waals surface area contributed by atoms with Crippen LogP contribution in [0.15, 0.2) is 103 Å². The Morgan fingerprint density at radius 2 is 1.52 bits per heavy atom. The highest BCUT2D eigenvalue weighted by molar-refractivity contribution is 6.03. The molecule has 9 heteroatoms. The number of hydrogen-bond acceptors (Lipinski definition) is 6. The number of non-ortho nitro benzene ring substituents is 1. The Morgan fingerprint density at radius 3 is 2.23 bits per heavy atom. The van der Waals surface area contributed by atoms with E-state index in [1.165, 1.54) is 22.9 Å². The lowest BCUT2D eigenvalue weighted by atomic mass is 10.1. The molecule has 4 aromatic carbocycles. The second kappa shape index (κ2) is 11.5. The van der Waals surface area contributed by atoms with E-state index in [1.54, 1.807) is 12.3 Å². The number of carbonyl (C=O) groups is 1. The van der Waals surface area contributed by atoms with Crippen molar-refractivity contribution in [2.24, 2.45) is 0 Å². The smallest absolute Gasteiger partial charge is 0.276 e. The summed E-state index contributed by atoms with van der Waals surface area (Å²) >= 11 is 0. The largest absolute Gasteiger partial charge is 0.471 e. The minimum Gasteiger partial charge on any atom is -0.471 e. The Kier molecular flexibility index (Phi) is 7.54. The third kappa shape index (κ3) is 6.51. The number of amides is 1. The summed E-state index contributed by atoms with van der Waals surface area (Å²) < 4.78 is 13.2. The van der Waals surface area contributed by atoms with Crippen LogP contribution in [0.5, 0.6) is 17.2 Å². The van der Waals surface area contributed by atoms with E-state index in [-0.39, 0.29) is 29.5 Å². The van der Waals surface area contributed by atoms with Gasteiger partial charge in [-0.05, 0) is 66.4 Å².